The van der Waals surface area contributed by atoms with E-state index in [2.05, 4.69) is 10.3 Å². The molecule has 1 aromatic rings. The zero-order valence-electron chi connectivity index (χ0n) is 9.01. The molecule has 1 atom stereocenters. The molecular weight excluding hydrogens is 264 g/mol. The first-order chi connectivity index (χ1) is 8.00. The Hall–Kier alpha value is -1.27. The number of halogens is 1. The molecule has 5 nitrogen and oxygen atoms in total. The Morgan fingerprint density at radius 1 is 1.65 bits per heavy atom. The molecule has 0 saturated carbocycles. The molecule has 0 fully saturated rings. The van der Waals surface area contributed by atoms with Gasteiger partial charge in [0.2, 0.25) is 5.91 Å². The van der Waals surface area contributed by atoms with Crippen molar-refractivity contribution in [3.63, 3.8) is 0 Å². The first-order valence-corrected chi connectivity index (χ1v) is 6.10. The van der Waals surface area contributed by atoms with Crippen LogP contribution in [0.4, 0.5) is 0 Å². The van der Waals surface area contributed by atoms with E-state index in [0.29, 0.717) is 10.0 Å². The topological polar surface area (TPSA) is 79.3 Å². The summed E-state index contributed by atoms with van der Waals surface area (Å²) >= 11 is 7.06. The predicted molar refractivity (Wildman–Crippen MR) is 65.2 cm³/mol. The number of pyridine rings is 1. The maximum atomic E-state index is 10.9. The van der Waals surface area contributed by atoms with Gasteiger partial charge in [0.25, 0.3) is 0 Å². The lowest BCUT2D eigenvalue weighted by atomic mass is 10.3. The third kappa shape index (κ3) is 4.62. The minimum atomic E-state index is -1.08. The van der Waals surface area contributed by atoms with Crippen LogP contribution >= 0.6 is 23.4 Å². The van der Waals surface area contributed by atoms with Crippen LogP contribution < -0.4 is 5.32 Å². The van der Waals surface area contributed by atoms with Gasteiger partial charge in [-0.05, 0) is 12.1 Å². The Balaban J connectivity index is 2.61. The minimum absolute atomic E-state index is 0.172. The van der Waals surface area contributed by atoms with Crippen molar-refractivity contribution in [2.24, 2.45) is 0 Å². The molecule has 0 saturated heterocycles. The van der Waals surface area contributed by atoms with Crippen molar-refractivity contribution in [1.82, 2.24) is 10.3 Å². The van der Waals surface area contributed by atoms with Crippen LogP contribution in [0.25, 0.3) is 0 Å². The number of carboxylic acid groups (broad SMARTS) is 1. The number of hydrogen-bond donors (Lipinski definition) is 2. The number of nitrogens with one attached hydrogen (secondary N) is 1. The average molecular weight is 275 g/mol. The van der Waals surface area contributed by atoms with Gasteiger partial charge in [-0.2, -0.15) is 0 Å². The number of carbonyl (C=O) groups is 2. The van der Waals surface area contributed by atoms with Crippen LogP contribution in [0.15, 0.2) is 23.4 Å². The van der Waals surface area contributed by atoms with Gasteiger partial charge < -0.3 is 10.4 Å². The van der Waals surface area contributed by atoms with E-state index in [1.807, 2.05) is 0 Å². The smallest absolute Gasteiger partial charge is 0.327 e. The fraction of sp³-hybridized carbons (Fsp3) is 0.300. The van der Waals surface area contributed by atoms with Gasteiger partial charge in [0.05, 0.1) is 5.02 Å². The van der Waals surface area contributed by atoms with E-state index in [-0.39, 0.29) is 11.7 Å². The Kier molecular flexibility index (Phi) is 5.24. The molecule has 17 heavy (non-hydrogen) atoms. The molecule has 0 bridgehead atoms. The molecule has 0 unspecified atom stereocenters. The van der Waals surface area contributed by atoms with E-state index in [9.17, 15) is 9.59 Å². The predicted octanol–water partition coefficient (Wildman–Crippen LogP) is 1.42. The molecule has 0 radical (unpaired) electrons. The fourth-order valence-electron chi connectivity index (χ4n) is 1.06. The number of carbonyl (C=O) groups excluding carboxylic acids is 1. The van der Waals surface area contributed by atoms with Crippen molar-refractivity contribution in [3.8, 4) is 0 Å². The summed E-state index contributed by atoms with van der Waals surface area (Å²) in [7, 11) is 0. The molecule has 1 rings (SSSR count). The van der Waals surface area contributed by atoms with Gasteiger partial charge in [-0.15, -0.1) is 11.8 Å². The summed E-state index contributed by atoms with van der Waals surface area (Å²) in [5, 5.41) is 12.2. The van der Waals surface area contributed by atoms with Crippen molar-refractivity contribution >= 4 is 35.2 Å². The second-order valence-electron chi connectivity index (χ2n) is 3.19. The van der Waals surface area contributed by atoms with Crippen LogP contribution in [0.2, 0.25) is 5.02 Å². The normalized spacial score (nSPS) is 11.9. The molecule has 7 heteroatoms. The number of rotatable bonds is 5. The molecule has 92 valence electrons. The Bertz CT molecular complexity index is 428. The molecule has 2 N–H and O–H groups in total. The highest BCUT2D eigenvalue weighted by molar-refractivity contribution is 7.99. The second-order valence-corrected chi connectivity index (χ2v) is 4.61. The first kappa shape index (κ1) is 13.8. The lowest BCUT2D eigenvalue weighted by Gasteiger charge is -2.12. The second kappa shape index (κ2) is 6.46. The lowest BCUT2D eigenvalue weighted by Crippen LogP contribution is -2.41. The van der Waals surface area contributed by atoms with Crippen molar-refractivity contribution in [3.05, 3.63) is 23.4 Å². The molecule has 1 amide bonds. The summed E-state index contributed by atoms with van der Waals surface area (Å²) in [6.07, 6.45) is 1.57. The van der Waals surface area contributed by atoms with Crippen molar-refractivity contribution in [2.75, 3.05) is 5.75 Å². The van der Waals surface area contributed by atoms with Gasteiger partial charge in [0, 0.05) is 18.9 Å². The van der Waals surface area contributed by atoms with Gasteiger partial charge >= 0.3 is 5.97 Å². The number of hydrogen-bond acceptors (Lipinski definition) is 4. The third-order valence-electron chi connectivity index (χ3n) is 1.79. The molecule has 0 aliphatic heterocycles. The van der Waals surface area contributed by atoms with Crippen molar-refractivity contribution in [1.29, 1.82) is 0 Å². The number of thioether (sulfide) groups is 1. The lowest BCUT2D eigenvalue weighted by molar-refractivity contribution is -0.140. The largest absolute Gasteiger partial charge is 0.480 e. The first-order valence-electron chi connectivity index (χ1n) is 4.74. The average Bonchev–Trinajstić information content (AvgIpc) is 2.25. The van der Waals surface area contributed by atoms with Crippen molar-refractivity contribution < 1.29 is 14.7 Å². The van der Waals surface area contributed by atoms with Crippen molar-refractivity contribution in [2.45, 2.75) is 18.0 Å². The fourth-order valence-corrected chi connectivity index (χ4v) is 2.24. The number of nitrogens with zero attached hydrogens (tertiary/aromatic N) is 1. The summed E-state index contributed by atoms with van der Waals surface area (Å²) < 4.78 is 0. The highest BCUT2D eigenvalue weighted by Crippen LogP contribution is 2.24. The van der Waals surface area contributed by atoms with Gasteiger partial charge in [0.15, 0.2) is 0 Å². The van der Waals surface area contributed by atoms with E-state index < -0.39 is 12.0 Å². The Labute approximate surface area is 108 Å². The zero-order chi connectivity index (χ0) is 12.8. The highest BCUT2D eigenvalue weighted by atomic mass is 35.5. The van der Waals surface area contributed by atoms with Gasteiger partial charge in [-0.1, -0.05) is 11.6 Å². The van der Waals surface area contributed by atoms with E-state index >= 15 is 0 Å². The summed E-state index contributed by atoms with van der Waals surface area (Å²) in [5.74, 6) is -1.30. The van der Waals surface area contributed by atoms with Crippen LogP contribution in [-0.2, 0) is 9.59 Å². The minimum Gasteiger partial charge on any atom is -0.480 e. The Morgan fingerprint density at radius 3 is 2.88 bits per heavy atom. The van der Waals surface area contributed by atoms with E-state index in [4.69, 9.17) is 16.7 Å². The molecule has 0 aromatic carbocycles. The number of aromatic nitrogens is 1. The van der Waals surface area contributed by atoms with Crippen LogP contribution in [0.1, 0.15) is 6.92 Å². The van der Waals surface area contributed by atoms with Crippen LogP contribution in [0.3, 0.4) is 0 Å². The number of aliphatic carboxylic acids is 1. The van der Waals surface area contributed by atoms with E-state index in [0.717, 1.165) is 0 Å². The summed E-state index contributed by atoms with van der Waals surface area (Å²) in [4.78, 5) is 25.7. The number of carboxylic acids is 1. The molecule has 1 aromatic heterocycles. The maximum Gasteiger partial charge on any atom is 0.327 e. The van der Waals surface area contributed by atoms with Crippen LogP contribution in [-0.4, -0.2) is 33.8 Å². The Morgan fingerprint density at radius 2 is 2.35 bits per heavy atom. The highest BCUT2D eigenvalue weighted by Gasteiger charge is 2.19. The van der Waals surface area contributed by atoms with Crippen LogP contribution in [0, 0.1) is 0 Å². The summed E-state index contributed by atoms with van der Waals surface area (Å²) in [5.41, 5.74) is 0. The third-order valence-corrected chi connectivity index (χ3v) is 3.30. The van der Waals surface area contributed by atoms with Gasteiger partial charge in [0.1, 0.15) is 11.1 Å². The molecule has 1 heterocycles. The summed E-state index contributed by atoms with van der Waals surface area (Å²) in [6.45, 7) is 1.27. The quantitative estimate of drug-likeness (QED) is 0.794. The van der Waals surface area contributed by atoms with Crippen LogP contribution in [0.5, 0.6) is 0 Å². The van der Waals surface area contributed by atoms with E-state index in [1.165, 1.54) is 18.7 Å². The number of amides is 1. The molecule has 0 aliphatic rings. The monoisotopic (exact) mass is 274 g/mol. The molecule has 0 spiro atoms. The zero-order valence-corrected chi connectivity index (χ0v) is 10.6. The maximum absolute atomic E-state index is 10.9. The molecule has 0 aliphatic carbocycles. The standard InChI is InChI=1S/C10H11ClN2O3S/c1-6(14)13-8(10(15)16)5-17-9-7(11)3-2-4-12-9/h2-4,8H,5H2,1H3,(H,13,14)(H,15,16)/t8-/m0/s1. The summed E-state index contributed by atoms with van der Waals surface area (Å²) in [6, 6.07) is 2.41. The van der Waals surface area contributed by atoms with E-state index in [1.54, 1.807) is 18.3 Å². The SMILES string of the molecule is CC(=O)N[C@@H](CSc1ncccc1Cl)C(=O)O. The molecular formula is C10H11ClN2O3S. The van der Waals surface area contributed by atoms with Gasteiger partial charge in [-0.3, -0.25) is 4.79 Å². The van der Waals surface area contributed by atoms with Gasteiger partial charge in [-0.25, -0.2) is 9.78 Å².